The summed E-state index contributed by atoms with van der Waals surface area (Å²) in [6, 6.07) is 17.9. The molecule has 1 atom stereocenters. The quantitative estimate of drug-likeness (QED) is 0.829. The van der Waals surface area contributed by atoms with Gasteiger partial charge < -0.3 is 15.0 Å². The van der Waals surface area contributed by atoms with Gasteiger partial charge in [-0.1, -0.05) is 56.3 Å². The van der Waals surface area contributed by atoms with E-state index in [4.69, 9.17) is 4.74 Å². The van der Waals surface area contributed by atoms with E-state index < -0.39 is 6.09 Å². The lowest BCUT2D eigenvalue weighted by atomic mass is 10.1. The van der Waals surface area contributed by atoms with Gasteiger partial charge in [-0.2, -0.15) is 0 Å². The third-order valence-corrected chi connectivity index (χ3v) is 3.85. The van der Waals surface area contributed by atoms with Crippen LogP contribution in [0.1, 0.15) is 37.9 Å². The van der Waals surface area contributed by atoms with Crippen LogP contribution < -0.4 is 10.1 Å². The van der Waals surface area contributed by atoms with Gasteiger partial charge in [0, 0.05) is 12.6 Å². The summed E-state index contributed by atoms with van der Waals surface area (Å²) in [6.45, 7) is 6.66. The maximum absolute atomic E-state index is 11.9. The van der Waals surface area contributed by atoms with Gasteiger partial charge in [0.25, 0.3) is 0 Å². The number of hydrogen-bond acceptors (Lipinski definition) is 3. The van der Waals surface area contributed by atoms with Crippen molar-refractivity contribution in [1.82, 2.24) is 10.2 Å². The molecule has 4 nitrogen and oxygen atoms in total. The smallest absolute Gasteiger partial charge is 0.410 e. The Morgan fingerprint density at radius 3 is 2.40 bits per heavy atom. The maximum atomic E-state index is 11.9. The van der Waals surface area contributed by atoms with Gasteiger partial charge in [0.2, 0.25) is 0 Å². The van der Waals surface area contributed by atoms with Crippen LogP contribution in [0.25, 0.3) is 0 Å². The molecule has 0 aromatic heterocycles. The van der Waals surface area contributed by atoms with Crippen LogP contribution in [0.3, 0.4) is 0 Å². The summed E-state index contributed by atoms with van der Waals surface area (Å²) in [7, 11) is 4.04. The zero-order chi connectivity index (χ0) is 18.7. The van der Waals surface area contributed by atoms with Gasteiger partial charge >= 0.3 is 6.09 Å². The SMILES string of the molecule is CC.CC(c1cccc(OC(=O)NCCc2ccccc2)c1)N(C)C. The van der Waals surface area contributed by atoms with E-state index in [-0.39, 0.29) is 6.04 Å². The Labute approximate surface area is 151 Å². The number of ether oxygens (including phenoxy) is 1. The number of rotatable bonds is 6. The lowest BCUT2D eigenvalue weighted by Crippen LogP contribution is -2.28. The molecule has 2 rings (SSSR count). The summed E-state index contributed by atoms with van der Waals surface area (Å²) in [6.07, 6.45) is 0.365. The van der Waals surface area contributed by atoms with E-state index in [2.05, 4.69) is 17.1 Å². The molecular weight excluding hydrogens is 312 g/mol. The highest BCUT2D eigenvalue weighted by Gasteiger charge is 2.10. The molecule has 0 aliphatic heterocycles. The molecule has 2 aromatic rings. The van der Waals surface area contributed by atoms with Crippen LogP contribution >= 0.6 is 0 Å². The molecule has 0 fully saturated rings. The van der Waals surface area contributed by atoms with Crippen LogP contribution in [0.15, 0.2) is 54.6 Å². The standard InChI is InChI=1S/C19H24N2O2.C2H6/c1-15(21(2)3)17-10-7-11-18(14-17)23-19(22)20-13-12-16-8-5-4-6-9-16;1-2/h4-11,14-15H,12-13H2,1-3H3,(H,20,22);1-2H3. The highest BCUT2D eigenvalue weighted by Crippen LogP contribution is 2.22. The summed E-state index contributed by atoms with van der Waals surface area (Å²) in [5.41, 5.74) is 2.30. The molecule has 1 amide bonds. The molecule has 0 saturated carbocycles. The number of carbonyl (C=O) groups excluding carboxylic acids is 1. The second-order valence-corrected chi connectivity index (χ2v) is 5.76. The molecule has 0 bridgehead atoms. The van der Waals surface area contributed by atoms with Crippen LogP contribution in [-0.2, 0) is 6.42 Å². The number of benzene rings is 2. The fourth-order valence-corrected chi connectivity index (χ4v) is 2.23. The molecule has 0 spiro atoms. The topological polar surface area (TPSA) is 41.6 Å². The van der Waals surface area contributed by atoms with E-state index in [9.17, 15) is 4.79 Å². The number of amides is 1. The van der Waals surface area contributed by atoms with Gasteiger partial charge in [-0.05, 0) is 50.7 Å². The summed E-state index contributed by atoms with van der Waals surface area (Å²) < 4.78 is 5.35. The Morgan fingerprint density at radius 2 is 1.76 bits per heavy atom. The van der Waals surface area contributed by atoms with Gasteiger partial charge in [0.05, 0.1) is 0 Å². The van der Waals surface area contributed by atoms with E-state index in [1.54, 1.807) is 6.07 Å². The molecule has 1 unspecified atom stereocenters. The average Bonchev–Trinajstić information content (AvgIpc) is 2.63. The van der Waals surface area contributed by atoms with Crippen LogP contribution in [0.5, 0.6) is 5.75 Å². The zero-order valence-electron chi connectivity index (χ0n) is 16.0. The van der Waals surface area contributed by atoms with Crippen LogP contribution in [-0.4, -0.2) is 31.6 Å². The van der Waals surface area contributed by atoms with Gasteiger partial charge in [0.15, 0.2) is 0 Å². The molecule has 0 aliphatic rings. The van der Waals surface area contributed by atoms with E-state index in [1.165, 1.54) is 5.56 Å². The highest BCUT2D eigenvalue weighted by atomic mass is 16.6. The highest BCUT2D eigenvalue weighted by molar-refractivity contribution is 5.70. The van der Waals surface area contributed by atoms with Crippen molar-refractivity contribution < 1.29 is 9.53 Å². The number of carbonyl (C=O) groups is 1. The molecule has 0 heterocycles. The predicted molar refractivity (Wildman–Crippen MR) is 104 cm³/mol. The third kappa shape index (κ3) is 7.40. The first kappa shape index (κ1) is 20.7. The van der Waals surface area contributed by atoms with Gasteiger partial charge in [-0.3, -0.25) is 0 Å². The number of nitrogens with zero attached hydrogens (tertiary/aromatic N) is 1. The monoisotopic (exact) mass is 342 g/mol. The molecule has 2 aromatic carbocycles. The van der Waals surface area contributed by atoms with Crippen molar-refractivity contribution >= 4 is 6.09 Å². The largest absolute Gasteiger partial charge is 0.412 e. The second kappa shape index (κ2) is 11.3. The van der Waals surface area contributed by atoms with Crippen molar-refractivity contribution in [2.45, 2.75) is 33.2 Å². The molecule has 0 radical (unpaired) electrons. The van der Waals surface area contributed by atoms with E-state index in [1.807, 2.05) is 76.5 Å². The summed E-state index contributed by atoms with van der Waals surface area (Å²) in [4.78, 5) is 14.0. The minimum atomic E-state index is -0.421. The Hall–Kier alpha value is -2.33. The van der Waals surface area contributed by atoms with E-state index >= 15 is 0 Å². The normalized spacial score (nSPS) is 11.3. The molecule has 0 aliphatic carbocycles. The molecule has 4 heteroatoms. The van der Waals surface area contributed by atoms with Crippen molar-refractivity contribution in [1.29, 1.82) is 0 Å². The number of nitrogens with one attached hydrogen (secondary N) is 1. The first-order valence-corrected chi connectivity index (χ1v) is 8.82. The third-order valence-electron chi connectivity index (χ3n) is 3.85. The average molecular weight is 342 g/mol. The van der Waals surface area contributed by atoms with Gasteiger partial charge in [0.1, 0.15) is 5.75 Å². The van der Waals surface area contributed by atoms with Crippen LogP contribution in [0.2, 0.25) is 0 Å². The Bertz CT molecular complexity index is 627. The Morgan fingerprint density at radius 1 is 1.08 bits per heavy atom. The Balaban J connectivity index is 0.00000151. The lowest BCUT2D eigenvalue weighted by molar-refractivity contribution is 0.200. The summed E-state index contributed by atoms with van der Waals surface area (Å²) in [5.74, 6) is 0.563. The van der Waals surface area contributed by atoms with Crippen molar-refractivity contribution in [2.75, 3.05) is 20.6 Å². The lowest BCUT2D eigenvalue weighted by Gasteiger charge is -2.20. The summed E-state index contributed by atoms with van der Waals surface area (Å²) in [5, 5.41) is 2.78. The maximum Gasteiger partial charge on any atom is 0.412 e. The first-order chi connectivity index (χ1) is 12.1. The minimum absolute atomic E-state index is 0.264. The fraction of sp³-hybridized carbons (Fsp3) is 0.381. The summed E-state index contributed by atoms with van der Waals surface area (Å²) >= 11 is 0. The molecule has 136 valence electrons. The van der Waals surface area contributed by atoms with Crippen molar-refractivity contribution in [2.24, 2.45) is 0 Å². The number of hydrogen-bond donors (Lipinski definition) is 1. The van der Waals surface area contributed by atoms with Gasteiger partial charge in [-0.25, -0.2) is 4.79 Å². The Kier molecular flexibility index (Phi) is 9.33. The molecular formula is C21H30N2O2. The first-order valence-electron chi connectivity index (χ1n) is 8.82. The van der Waals surface area contributed by atoms with Crippen molar-refractivity contribution in [3.63, 3.8) is 0 Å². The van der Waals surface area contributed by atoms with Gasteiger partial charge in [-0.15, -0.1) is 0 Å². The van der Waals surface area contributed by atoms with Crippen molar-refractivity contribution in [3.8, 4) is 5.75 Å². The van der Waals surface area contributed by atoms with E-state index in [0.717, 1.165) is 12.0 Å². The molecule has 25 heavy (non-hydrogen) atoms. The zero-order valence-corrected chi connectivity index (χ0v) is 16.0. The fourth-order valence-electron chi connectivity index (χ4n) is 2.23. The minimum Gasteiger partial charge on any atom is -0.410 e. The van der Waals surface area contributed by atoms with Crippen LogP contribution in [0.4, 0.5) is 4.79 Å². The second-order valence-electron chi connectivity index (χ2n) is 5.76. The van der Waals surface area contributed by atoms with E-state index in [0.29, 0.717) is 12.3 Å². The molecule has 1 N–H and O–H groups in total. The molecule has 0 saturated heterocycles. The predicted octanol–water partition coefficient (Wildman–Crippen LogP) is 4.67. The van der Waals surface area contributed by atoms with Crippen LogP contribution in [0, 0.1) is 0 Å². The van der Waals surface area contributed by atoms with Crippen molar-refractivity contribution in [3.05, 3.63) is 65.7 Å².